The monoisotopic (exact) mass is 347 g/mol. The fourth-order valence-electron chi connectivity index (χ4n) is 2.68. The van der Waals surface area contributed by atoms with Crippen LogP contribution in [0.5, 0.6) is 0 Å². The maximum atomic E-state index is 4.68. The van der Waals surface area contributed by atoms with E-state index in [1.807, 2.05) is 6.20 Å². The van der Waals surface area contributed by atoms with Crippen molar-refractivity contribution in [3.8, 4) is 5.69 Å². The van der Waals surface area contributed by atoms with Gasteiger partial charge in [-0.25, -0.2) is 4.68 Å². The predicted octanol–water partition coefficient (Wildman–Crippen LogP) is 4.32. The zero-order chi connectivity index (χ0) is 15.0. The number of aryl methyl sites for hydroxylation is 1. The van der Waals surface area contributed by atoms with Crippen LogP contribution in [0.2, 0.25) is 0 Å². The van der Waals surface area contributed by atoms with E-state index in [1.165, 1.54) is 35.3 Å². The number of nitrogens with one attached hydrogen (secondary N) is 1. The van der Waals surface area contributed by atoms with Crippen LogP contribution in [0, 0.1) is 6.92 Å². The van der Waals surface area contributed by atoms with Gasteiger partial charge in [0.15, 0.2) is 0 Å². The maximum absolute atomic E-state index is 4.68. The normalized spacial score (nSPS) is 14.9. The number of halogens is 1. The average Bonchev–Trinajstić information content (AvgIpc) is 3.17. The lowest BCUT2D eigenvalue weighted by Gasteiger charge is -2.13. The van der Waals surface area contributed by atoms with Gasteiger partial charge in [0.2, 0.25) is 0 Å². The van der Waals surface area contributed by atoms with Gasteiger partial charge in [0.1, 0.15) is 0 Å². The molecule has 1 aliphatic carbocycles. The molecular weight excluding hydrogens is 326 g/mol. The van der Waals surface area contributed by atoms with Crippen molar-refractivity contribution < 1.29 is 0 Å². The molecule has 0 bridgehead atoms. The minimum Gasteiger partial charge on any atom is -0.310 e. The second kappa shape index (κ2) is 5.93. The van der Waals surface area contributed by atoms with E-state index in [1.54, 1.807) is 0 Å². The third-order valence-electron chi connectivity index (χ3n) is 3.94. The number of hydrogen-bond donors (Lipinski definition) is 1. The van der Waals surface area contributed by atoms with Crippen LogP contribution in [0.25, 0.3) is 5.69 Å². The van der Waals surface area contributed by atoms with Gasteiger partial charge in [-0.2, -0.15) is 5.10 Å². The van der Waals surface area contributed by atoms with Gasteiger partial charge in [0, 0.05) is 28.5 Å². The Bertz CT molecular complexity index is 641. The van der Waals surface area contributed by atoms with Gasteiger partial charge in [-0.05, 0) is 43.5 Å². The molecule has 1 heterocycles. The Labute approximate surface area is 134 Å². The van der Waals surface area contributed by atoms with Crippen molar-refractivity contribution in [1.82, 2.24) is 15.1 Å². The van der Waals surface area contributed by atoms with Gasteiger partial charge >= 0.3 is 0 Å². The van der Waals surface area contributed by atoms with Crippen molar-refractivity contribution in [3.63, 3.8) is 0 Å². The minimum atomic E-state index is 0.495. The topological polar surface area (TPSA) is 29.9 Å². The van der Waals surface area contributed by atoms with Crippen LogP contribution in [-0.4, -0.2) is 15.8 Å². The quantitative estimate of drug-likeness (QED) is 0.872. The van der Waals surface area contributed by atoms with Crippen molar-refractivity contribution in [2.75, 3.05) is 0 Å². The summed E-state index contributed by atoms with van der Waals surface area (Å²) in [6.07, 6.45) is 4.61. The molecule has 2 aromatic rings. The van der Waals surface area contributed by atoms with Crippen molar-refractivity contribution in [2.24, 2.45) is 0 Å². The van der Waals surface area contributed by atoms with E-state index in [0.717, 1.165) is 11.0 Å². The summed E-state index contributed by atoms with van der Waals surface area (Å²) < 4.78 is 3.27. The summed E-state index contributed by atoms with van der Waals surface area (Å²) in [5, 5.41) is 8.19. The van der Waals surface area contributed by atoms with Crippen molar-refractivity contribution in [2.45, 2.75) is 52.1 Å². The molecule has 0 amide bonds. The van der Waals surface area contributed by atoms with E-state index >= 15 is 0 Å². The fraction of sp³-hybridized carbons (Fsp3) is 0.471. The Morgan fingerprint density at radius 2 is 2.14 bits per heavy atom. The SMILES string of the molecule is Cc1cc(Br)ccc1-n1ncc(CNC(C)C)c1C1CC1. The van der Waals surface area contributed by atoms with Gasteiger partial charge in [-0.1, -0.05) is 29.8 Å². The lowest BCUT2D eigenvalue weighted by atomic mass is 10.1. The molecule has 0 spiro atoms. The van der Waals surface area contributed by atoms with E-state index < -0.39 is 0 Å². The Balaban J connectivity index is 1.98. The summed E-state index contributed by atoms with van der Waals surface area (Å²) in [5.74, 6) is 0.680. The number of rotatable bonds is 5. The van der Waals surface area contributed by atoms with Gasteiger partial charge in [-0.3, -0.25) is 0 Å². The molecule has 1 fully saturated rings. The molecule has 3 rings (SSSR count). The summed E-state index contributed by atoms with van der Waals surface area (Å²) in [6.45, 7) is 7.41. The van der Waals surface area contributed by atoms with Crippen LogP contribution in [0.4, 0.5) is 0 Å². The van der Waals surface area contributed by atoms with E-state index in [0.29, 0.717) is 12.0 Å². The highest BCUT2D eigenvalue weighted by atomic mass is 79.9. The minimum absolute atomic E-state index is 0.495. The maximum Gasteiger partial charge on any atom is 0.0678 e. The van der Waals surface area contributed by atoms with E-state index in [-0.39, 0.29) is 0 Å². The molecule has 21 heavy (non-hydrogen) atoms. The standard InChI is InChI=1S/C17H22BrN3/c1-11(2)19-9-14-10-20-21(17(14)13-4-5-13)16-7-6-15(18)8-12(16)3/h6-8,10-11,13,19H,4-5,9H2,1-3H3. The third kappa shape index (κ3) is 3.22. The van der Waals surface area contributed by atoms with E-state index in [4.69, 9.17) is 0 Å². The summed E-state index contributed by atoms with van der Waals surface area (Å²) in [7, 11) is 0. The molecule has 4 heteroatoms. The van der Waals surface area contributed by atoms with Crippen LogP contribution in [0.1, 0.15) is 49.4 Å². The van der Waals surface area contributed by atoms with E-state index in [2.05, 4.69) is 70.0 Å². The van der Waals surface area contributed by atoms with Crippen molar-refractivity contribution in [3.05, 3.63) is 45.7 Å². The average molecular weight is 348 g/mol. The molecule has 0 unspecified atom stereocenters. The van der Waals surface area contributed by atoms with Gasteiger partial charge in [0.05, 0.1) is 17.6 Å². The first-order valence-electron chi connectivity index (χ1n) is 7.63. The van der Waals surface area contributed by atoms with Crippen molar-refractivity contribution in [1.29, 1.82) is 0 Å². The van der Waals surface area contributed by atoms with Crippen LogP contribution in [-0.2, 0) is 6.54 Å². The Kier molecular flexibility index (Phi) is 4.18. The zero-order valence-electron chi connectivity index (χ0n) is 12.9. The molecule has 1 aromatic carbocycles. The van der Waals surface area contributed by atoms with Crippen molar-refractivity contribution >= 4 is 15.9 Å². The molecule has 0 atom stereocenters. The van der Waals surface area contributed by atoms with Crippen LogP contribution in [0.3, 0.4) is 0 Å². The fourth-order valence-corrected chi connectivity index (χ4v) is 3.16. The molecule has 0 saturated heterocycles. The van der Waals surface area contributed by atoms with Gasteiger partial charge < -0.3 is 5.32 Å². The molecule has 1 saturated carbocycles. The molecule has 1 aromatic heterocycles. The Morgan fingerprint density at radius 3 is 2.76 bits per heavy atom. The highest BCUT2D eigenvalue weighted by molar-refractivity contribution is 9.10. The number of hydrogen-bond acceptors (Lipinski definition) is 2. The molecule has 112 valence electrons. The number of nitrogens with zero attached hydrogens (tertiary/aromatic N) is 2. The molecule has 0 radical (unpaired) electrons. The number of benzene rings is 1. The molecule has 1 aliphatic rings. The van der Waals surface area contributed by atoms with Gasteiger partial charge in [-0.15, -0.1) is 0 Å². The van der Waals surface area contributed by atoms with Crippen LogP contribution in [0.15, 0.2) is 28.9 Å². The predicted molar refractivity (Wildman–Crippen MR) is 90.0 cm³/mol. The molecule has 3 nitrogen and oxygen atoms in total. The third-order valence-corrected chi connectivity index (χ3v) is 4.43. The summed E-state index contributed by atoms with van der Waals surface area (Å²) in [4.78, 5) is 0. The first-order valence-corrected chi connectivity index (χ1v) is 8.42. The molecule has 0 aliphatic heterocycles. The van der Waals surface area contributed by atoms with E-state index in [9.17, 15) is 0 Å². The summed E-state index contributed by atoms with van der Waals surface area (Å²) >= 11 is 3.53. The Hall–Kier alpha value is -1.13. The molecule has 1 N–H and O–H groups in total. The lowest BCUT2D eigenvalue weighted by Crippen LogP contribution is -2.22. The largest absolute Gasteiger partial charge is 0.310 e. The summed E-state index contributed by atoms with van der Waals surface area (Å²) in [6, 6.07) is 6.89. The molecular formula is C17H22BrN3. The van der Waals surface area contributed by atoms with Gasteiger partial charge in [0.25, 0.3) is 0 Å². The van der Waals surface area contributed by atoms with Crippen LogP contribution < -0.4 is 5.32 Å². The zero-order valence-corrected chi connectivity index (χ0v) is 14.4. The first kappa shape index (κ1) is 14.8. The smallest absolute Gasteiger partial charge is 0.0678 e. The lowest BCUT2D eigenvalue weighted by molar-refractivity contribution is 0.585. The first-order chi connectivity index (χ1) is 10.1. The second-order valence-corrected chi connectivity index (χ2v) is 7.12. The summed E-state index contributed by atoms with van der Waals surface area (Å²) in [5.41, 5.74) is 5.18. The van der Waals surface area contributed by atoms with Crippen LogP contribution >= 0.6 is 15.9 Å². The highest BCUT2D eigenvalue weighted by Gasteiger charge is 2.30. The highest BCUT2D eigenvalue weighted by Crippen LogP contribution is 2.42. The number of aromatic nitrogens is 2. The second-order valence-electron chi connectivity index (χ2n) is 6.21. The Morgan fingerprint density at radius 1 is 1.38 bits per heavy atom.